The fourth-order valence-corrected chi connectivity index (χ4v) is 2.94. The van der Waals surface area contributed by atoms with E-state index in [9.17, 15) is 9.59 Å². The molecule has 1 heterocycles. The molecular formula is C13H21NO3. The van der Waals surface area contributed by atoms with Crippen LogP contribution < -0.4 is 0 Å². The van der Waals surface area contributed by atoms with Gasteiger partial charge in [-0.25, -0.2) is 0 Å². The normalized spacial score (nSPS) is 31.8. The number of aliphatic carboxylic acids is 1. The van der Waals surface area contributed by atoms with Crippen molar-refractivity contribution in [3.8, 4) is 0 Å². The van der Waals surface area contributed by atoms with Gasteiger partial charge in [-0.15, -0.1) is 0 Å². The van der Waals surface area contributed by atoms with Crippen LogP contribution in [0.15, 0.2) is 0 Å². The lowest BCUT2D eigenvalue weighted by molar-refractivity contribution is -0.158. The first-order valence-electron chi connectivity index (χ1n) is 6.42. The third-order valence-electron chi connectivity index (χ3n) is 4.12. The molecule has 4 heteroatoms. The summed E-state index contributed by atoms with van der Waals surface area (Å²) < 4.78 is 0. The number of piperidine rings is 1. The zero-order valence-corrected chi connectivity index (χ0v) is 10.6. The van der Waals surface area contributed by atoms with E-state index < -0.39 is 11.9 Å². The van der Waals surface area contributed by atoms with Gasteiger partial charge in [0.25, 0.3) is 0 Å². The van der Waals surface area contributed by atoms with Crippen molar-refractivity contribution in [2.75, 3.05) is 13.1 Å². The zero-order valence-electron chi connectivity index (χ0n) is 10.6. The van der Waals surface area contributed by atoms with Crippen LogP contribution in [-0.4, -0.2) is 35.0 Å². The summed E-state index contributed by atoms with van der Waals surface area (Å²) in [5.41, 5.74) is 0.177. The molecule has 0 bridgehead atoms. The van der Waals surface area contributed by atoms with Crippen LogP contribution in [0.2, 0.25) is 0 Å². The predicted molar refractivity (Wildman–Crippen MR) is 63.4 cm³/mol. The number of hydrogen-bond acceptors (Lipinski definition) is 2. The van der Waals surface area contributed by atoms with Gasteiger partial charge in [0.1, 0.15) is 0 Å². The molecule has 0 spiro atoms. The molecule has 2 unspecified atom stereocenters. The van der Waals surface area contributed by atoms with E-state index in [4.69, 9.17) is 5.11 Å². The highest BCUT2D eigenvalue weighted by Crippen LogP contribution is 2.38. The second-order valence-corrected chi connectivity index (χ2v) is 6.16. The third kappa shape index (κ3) is 2.45. The van der Waals surface area contributed by atoms with Crippen molar-refractivity contribution in [1.82, 2.24) is 4.90 Å². The number of likely N-dealkylation sites (tertiary alicyclic amines) is 1. The molecule has 0 aromatic heterocycles. The highest BCUT2D eigenvalue weighted by Gasteiger charge is 2.44. The van der Waals surface area contributed by atoms with E-state index in [-0.39, 0.29) is 17.2 Å². The van der Waals surface area contributed by atoms with Crippen molar-refractivity contribution in [2.24, 2.45) is 17.3 Å². The van der Waals surface area contributed by atoms with Gasteiger partial charge in [-0.2, -0.15) is 0 Å². The Labute approximate surface area is 102 Å². The van der Waals surface area contributed by atoms with Crippen LogP contribution in [0.5, 0.6) is 0 Å². The summed E-state index contributed by atoms with van der Waals surface area (Å²) in [5, 5.41) is 8.98. The molecule has 2 atom stereocenters. The average Bonchev–Trinajstić information content (AvgIpc) is 2.13. The molecule has 4 nitrogen and oxygen atoms in total. The molecule has 1 saturated carbocycles. The standard InChI is InChI=1S/C13H21NO3/c1-13(2)6-3-7-14(8-13)11(15)9-4-5-10(9)12(16)17/h9-10H,3-8H2,1-2H3,(H,16,17). The first-order chi connectivity index (χ1) is 7.91. The van der Waals surface area contributed by atoms with Crippen LogP contribution in [0.3, 0.4) is 0 Å². The van der Waals surface area contributed by atoms with Gasteiger partial charge in [-0.1, -0.05) is 13.8 Å². The van der Waals surface area contributed by atoms with Crippen LogP contribution in [-0.2, 0) is 9.59 Å². The van der Waals surface area contributed by atoms with Gasteiger partial charge in [0.15, 0.2) is 0 Å². The maximum Gasteiger partial charge on any atom is 0.307 e. The molecule has 0 radical (unpaired) electrons. The highest BCUT2D eigenvalue weighted by molar-refractivity contribution is 5.86. The molecular weight excluding hydrogens is 218 g/mol. The van der Waals surface area contributed by atoms with Crippen molar-refractivity contribution in [3.63, 3.8) is 0 Å². The maximum atomic E-state index is 12.2. The van der Waals surface area contributed by atoms with E-state index in [0.29, 0.717) is 6.42 Å². The van der Waals surface area contributed by atoms with Gasteiger partial charge in [0.05, 0.1) is 11.8 Å². The number of nitrogens with zero attached hydrogens (tertiary/aromatic N) is 1. The lowest BCUT2D eigenvalue weighted by atomic mass is 9.72. The number of rotatable bonds is 2. The fourth-order valence-electron chi connectivity index (χ4n) is 2.94. The fraction of sp³-hybridized carbons (Fsp3) is 0.846. The molecule has 1 amide bonds. The molecule has 2 aliphatic rings. The molecule has 1 aliphatic carbocycles. The van der Waals surface area contributed by atoms with Gasteiger partial charge >= 0.3 is 5.97 Å². The molecule has 2 rings (SSSR count). The lowest BCUT2D eigenvalue weighted by Gasteiger charge is -2.42. The van der Waals surface area contributed by atoms with Crippen molar-refractivity contribution in [1.29, 1.82) is 0 Å². The van der Waals surface area contributed by atoms with Crippen molar-refractivity contribution >= 4 is 11.9 Å². The van der Waals surface area contributed by atoms with Crippen molar-refractivity contribution in [3.05, 3.63) is 0 Å². The second-order valence-electron chi connectivity index (χ2n) is 6.16. The lowest BCUT2D eigenvalue weighted by Crippen LogP contribution is -2.50. The Morgan fingerprint density at radius 1 is 1.24 bits per heavy atom. The number of amides is 1. The molecule has 0 aromatic rings. The molecule has 2 fully saturated rings. The number of carbonyl (C=O) groups excluding carboxylic acids is 1. The minimum absolute atomic E-state index is 0.0661. The summed E-state index contributed by atoms with van der Waals surface area (Å²) in [6.45, 7) is 5.91. The van der Waals surface area contributed by atoms with Gasteiger partial charge in [0, 0.05) is 13.1 Å². The monoisotopic (exact) mass is 239 g/mol. The smallest absolute Gasteiger partial charge is 0.307 e. The van der Waals surface area contributed by atoms with Crippen molar-refractivity contribution in [2.45, 2.75) is 39.5 Å². The number of carbonyl (C=O) groups is 2. The average molecular weight is 239 g/mol. The third-order valence-corrected chi connectivity index (χ3v) is 4.12. The van der Waals surface area contributed by atoms with E-state index in [2.05, 4.69) is 13.8 Å². The van der Waals surface area contributed by atoms with E-state index >= 15 is 0 Å². The molecule has 1 N–H and O–H groups in total. The Bertz CT molecular complexity index is 338. The number of carboxylic acids is 1. The molecule has 1 aliphatic heterocycles. The largest absolute Gasteiger partial charge is 0.481 e. The Kier molecular flexibility index (Phi) is 3.15. The van der Waals surface area contributed by atoms with Crippen LogP contribution >= 0.6 is 0 Å². The summed E-state index contributed by atoms with van der Waals surface area (Å²) >= 11 is 0. The first kappa shape index (κ1) is 12.4. The summed E-state index contributed by atoms with van der Waals surface area (Å²) in [6.07, 6.45) is 3.57. The van der Waals surface area contributed by atoms with E-state index in [1.165, 1.54) is 0 Å². The van der Waals surface area contributed by atoms with Crippen LogP contribution in [0, 0.1) is 17.3 Å². The summed E-state index contributed by atoms with van der Waals surface area (Å²) in [4.78, 5) is 25.1. The Morgan fingerprint density at radius 3 is 2.35 bits per heavy atom. The first-order valence-corrected chi connectivity index (χ1v) is 6.42. The van der Waals surface area contributed by atoms with Gasteiger partial charge in [-0.3, -0.25) is 9.59 Å². The van der Waals surface area contributed by atoms with Gasteiger partial charge in [-0.05, 0) is 31.1 Å². The summed E-state index contributed by atoms with van der Waals surface area (Å²) in [6, 6.07) is 0. The van der Waals surface area contributed by atoms with E-state index in [1.54, 1.807) is 0 Å². The Hall–Kier alpha value is -1.06. The molecule has 1 saturated heterocycles. The number of hydrogen-bond donors (Lipinski definition) is 1. The highest BCUT2D eigenvalue weighted by atomic mass is 16.4. The molecule has 0 aromatic carbocycles. The topological polar surface area (TPSA) is 57.6 Å². The maximum absolute atomic E-state index is 12.2. The van der Waals surface area contributed by atoms with Gasteiger partial charge in [0.2, 0.25) is 5.91 Å². The van der Waals surface area contributed by atoms with Crippen LogP contribution in [0.1, 0.15) is 39.5 Å². The summed E-state index contributed by atoms with van der Waals surface area (Å²) in [5.74, 6) is -1.45. The molecule has 17 heavy (non-hydrogen) atoms. The van der Waals surface area contributed by atoms with Gasteiger partial charge < -0.3 is 10.0 Å². The minimum atomic E-state index is -0.814. The van der Waals surface area contributed by atoms with Crippen molar-refractivity contribution < 1.29 is 14.7 Å². The van der Waals surface area contributed by atoms with E-state index in [1.807, 2.05) is 4.90 Å². The Morgan fingerprint density at radius 2 is 1.88 bits per heavy atom. The number of carboxylic acid groups (broad SMARTS) is 1. The zero-order chi connectivity index (χ0) is 12.6. The minimum Gasteiger partial charge on any atom is -0.481 e. The van der Waals surface area contributed by atoms with Crippen LogP contribution in [0.4, 0.5) is 0 Å². The van der Waals surface area contributed by atoms with Crippen LogP contribution in [0.25, 0.3) is 0 Å². The Balaban J connectivity index is 1.98. The second kappa shape index (κ2) is 4.31. The summed E-state index contributed by atoms with van der Waals surface area (Å²) in [7, 11) is 0. The molecule has 96 valence electrons. The predicted octanol–water partition coefficient (Wildman–Crippen LogP) is 1.75. The quantitative estimate of drug-likeness (QED) is 0.798. The SMILES string of the molecule is CC1(C)CCCN(C(=O)C2CCC2C(=O)O)C1. The van der Waals surface area contributed by atoms with E-state index in [0.717, 1.165) is 32.4 Å².